The van der Waals surface area contributed by atoms with Crippen LogP contribution in [0.5, 0.6) is 0 Å². The third-order valence-corrected chi connectivity index (χ3v) is 12.3. The zero-order valence-electron chi connectivity index (χ0n) is 31.7. The zero-order valence-corrected chi connectivity index (χ0v) is 33.3. The van der Waals surface area contributed by atoms with Crippen molar-refractivity contribution in [3.63, 3.8) is 0 Å². The van der Waals surface area contributed by atoms with Gasteiger partial charge < -0.3 is 19.3 Å². The number of carbonyl (C=O) groups is 2. The first-order chi connectivity index (χ1) is 24.8. The number of halogens is 7. The van der Waals surface area contributed by atoms with Crippen LogP contribution in [0, 0.1) is 11.8 Å². The minimum atomic E-state index is -4.84. The molecule has 14 nitrogen and oxygen atoms in total. The van der Waals surface area contributed by atoms with Crippen LogP contribution < -0.4 is 0 Å². The van der Waals surface area contributed by atoms with Gasteiger partial charge in [-0.1, -0.05) is 0 Å². The van der Waals surface area contributed by atoms with Gasteiger partial charge >= 0.3 is 24.5 Å². The Balaban J connectivity index is 0.000000296. The van der Waals surface area contributed by atoms with Crippen LogP contribution in [0.15, 0.2) is 22.2 Å². The number of ether oxygens (including phenoxy) is 2. The van der Waals surface area contributed by atoms with Gasteiger partial charge in [0.05, 0.1) is 5.75 Å². The maximum atomic E-state index is 14.8. The molecular formula is C32H47F7N6O8S2. The molecule has 1 unspecified atom stereocenters. The van der Waals surface area contributed by atoms with E-state index in [1.54, 1.807) is 41.5 Å². The van der Waals surface area contributed by atoms with Gasteiger partial charge in [-0.05, 0) is 73.1 Å². The molecule has 2 aliphatic rings. The van der Waals surface area contributed by atoms with E-state index in [-0.39, 0.29) is 37.6 Å². The number of hydrogen-bond donors (Lipinski definition) is 0. The van der Waals surface area contributed by atoms with Crippen LogP contribution in [-0.2, 0) is 55.6 Å². The number of alkyl halides is 7. The van der Waals surface area contributed by atoms with Crippen LogP contribution in [0.2, 0.25) is 0 Å². The summed E-state index contributed by atoms with van der Waals surface area (Å²) in [6.45, 7) is 11.2. The molecule has 4 heterocycles. The SMILES string of the molecule is Cn1nc(C(F)(F)F)cc1S(=O)(=O)C(F)C1CCN(C(=O)OC(C)(C)C)CC1.Cn1nc(C(F)(F)F)cc1S(=O)(=O)CC1CCN(C(=O)OC(C)(C)C)CC1. The maximum absolute atomic E-state index is 14.8. The molecule has 4 rings (SSSR count). The number of carbonyl (C=O) groups excluding carboxylic acids is 2. The summed E-state index contributed by atoms with van der Waals surface area (Å²) in [5.74, 6) is -1.49. The van der Waals surface area contributed by atoms with Crippen molar-refractivity contribution in [2.75, 3.05) is 31.9 Å². The van der Waals surface area contributed by atoms with Crippen LogP contribution in [0.4, 0.5) is 40.3 Å². The van der Waals surface area contributed by atoms with Crippen LogP contribution in [0.3, 0.4) is 0 Å². The first-order valence-electron chi connectivity index (χ1n) is 17.1. The van der Waals surface area contributed by atoms with Crippen molar-refractivity contribution in [2.45, 2.75) is 106 Å². The Kier molecular flexibility index (Phi) is 13.7. The van der Waals surface area contributed by atoms with Crippen molar-refractivity contribution >= 4 is 31.9 Å². The third-order valence-electron chi connectivity index (χ3n) is 8.44. The molecule has 2 fully saturated rings. The number of likely N-dealkylation sites (tertiary alicyclic amines) is 2. The number of hydrogen-bond acceptors (Lipinski definition) is 10. The highest BCUT2D eigenvalue weighted by molar-refractivity contribution is 7.92. The lowest BCUT2D eigenvalue weighted by atomic mass is 9.98. The van der Waals surface area contributed by atoms with Gasteiger partial charge in [-0.25, -0.2) is 30.8 Å². The van der Waals surface area contributed by atoms with Crippen LogP contribution in [0.25, 0.3) is 0 Å². The summed E-state index contributed by atoms with van der Waals surface area (Å²) in [6, 6.07) is 0.892. The number of aryl methyl sites for hydroxylation is 2. The monoisotopic (exact) mass is 840 g/mol. The van der Waals surface area contributed by atoms with Crippen LogP contribution in [0.1, 0.15) is 78.6 Å². The molecule has 2 saturated heterocycles. The molecule has 314 valence electrons. The van der Waals surface area contributed by atoms with Crippen LogP contribution >= 0.6 is 0 Å². The highest BCUT2D eigenvalue weighted by atomic mass is 32.2. The van der Waals surface area contributed by atoms with E-state index < -0.39 is 88.3 Å². The average Bonchev–Trinajstić information content (AvgIpc) is 3.63. The molecule has 0 saturated carbocycles. The predicted octanol–water partition coefficient (Wildman–Crippen LogP) is 6.02. The number of sulfone groups is 2. The number of piperidine rings is 2. The standard InChI is InChI=1S/C16H23F4N3O4S.C16H24F3N3O4S/c1-15(2,3)27-14(24)23-7-5-10(6-8-23)13(17)28(25,26)12-9-11(16(18,19)20)21-22(12)4;1-15(2,3)26-14(23)22-7-5-11(6-8-22)10-27(24,25)13-9-12(16(17,18)19)20-21(13)4/h9-10,13H,5-8H2,1-4H3;9,11H,5-8,10H2,1-4H3. The maximum Gasteiger partial charge on any atom is 0.435 e. The number of aromatic nitrogens is 4. The highest BCUT2D eigenvalue weighted by Crippen LogP contribution is 2.35. The van der Waals surface area contributed by atoms with Gasteiger partial charge in [0.15, 0.2) is 31.3 Å². The highest BCUT2D eigenvalue weighted by Gasteiger charge is 2.43. The molecule has 0 radical (unpaired) electrons. The van der Waals surface area contributed by atoms with Crippen molar-refractivity contribution in [1.29, 1.82) is 0 Å². The third kappa shape index (κ3) is 12.4. The fraction of sp³-hybridized carbons (Fsp3) is 0.750. The van der Waals surface area contributed by atoms with Gasteiger partial charge in [-0.2, -0.15) is 36.5 Å². The van der Waals surface area contributed by atoms with Gasteiger partial charge in [0, 0.05) is 58.3 Å². The lowest BCUT2D eigenvalue weighted by Crippen LogP contribution is -2.44. The fourth-order valence-corrected chi connectivity index (χ4v) is 9.33. The number of nitrogens with zero attached hydrogens (tertiary/aromatic N) is 6. The van der Waals surface area contributed by atoms with Crippen molar-refractivity contribution in [1.82, 2.24) is 29.4 Å². The Bertz CT molecular complexity index is 1880. The minimum absolute atomic E-state index is 0.0453. The van der Waals surface area contributed by atoms with Crippen molar-refractivity contribution < 1.29 is 66.6 Å². The second-order valence-corrected chi connectivity index (χ2v) is 19.3. The molecule has 55 heavy (non-hydrogen) atoms. The van der Waals surface area contributed by atoms with Crippen molar-refractivity contribution in [3.05, 3.63) is 23.5 Å². The molecule has 1 atom stereocenters. The van der Waals surface area contributed by atoms with E-state index in [0.29, 0.717) is 42.7 Å². The summed E-state index contributed by atoms with van der Waals surface area (Å²) < 4.78 is 153. The van der Waals surface area contributed by atoms with Gasteiger partial charge in [-0.3, -0.25) is 9.36 Å². The van der Waals surface area contributed by atoms with E-state index in [0.717, 1.165) is 11.7 Å². The first-order valence-corrected chi connectivity index (χ1v) is 20.3. The molecule has 2 amide bonds. The van der Waals surface area contributed by atoms with E-state index >= 15 is 0 Å². The summed E-state index contributed by atoms with van der Waals surface area (Å²) in [5.41, 5.74) is -6.35. The van der Waals surface area contributed by atoms with Crippen molar-refractivity contribution in [3.8, 4) is 0 Å². The number of rotatable bonds is 6. The van der Waals surface area contributed by atoms with Gasteiger partial charge in [0.2, 0.25) is 15.3 Å². The Morgan fingerprint density at radius 1 is 0.709 bits per heavy atom. The molecule has 0 spiro atoms. The molecule has 2 aromatic rings. The smallest absolute Gasteiger partial charge is 0.435 e. The summed E-state index contributed by atoms with van der Waals surface area (Å²) >= 11 is 0. The molecule has 0 N–H and O–H groups in total. The lowest BCUT2D eigenvalue weighted by Gasteiger charge is -2.34. The largest absolute Gasteiger partial charge is 0.444 e. The minimum Gasteiger partial charge on any atom is -0.444 e. The second-order valence-electron chi connectivity index (χ2n) is 15.4. The van der Waals surface area contributed by atoms with E-state index in [9.17, 15) is 57.2 Å². The van der Waals surface area contributed by atoms with Crippen molar-refractivity contribution in [2.24, 2.45) is 25.9 Å². The summed E-state index contributed by atoms with van der Waals surface area (Å²) in [7, 11) is -6.42. The van der Waals surface area contributed by atoms with E-state index in [2.05, 4.69) is 10.2 Å². The molecule has 0 aliphatic carbocycles. The summed E-state index contributed by atoms with van der Waals surface area (Å²) in [5, 5.41) is 5.09. The van der Waals surface area contributed by atoms with Gasteiger partial charge in [-0.15, -0.1) is 0 Å². The van der Waals surface area contributed by atoms with Crippen LogP contribution in [-0.4, -0.2) is 107 Å². The van der Waals surface area contributed by atoms with E-state index in [1.165, 1.54) is 16.8 Å². The Morgan fingerprint density at radius 3 is 1.44 bits per heavy atom. The molecule has 0 aromatic carbocycles. The zero-order chi connectivity index (χ0) is 42.1. The predicted molar refractivity (Wildman–Crippen MR) is 182 cm³/mol. The quantitative estimate of drug-likeness (QED) is 0.315. The number of amides is 2. The molecular weight excluding hydrogens is 794 g/mol. The van der Waals surface area contributed by atoms with E-state index in [4.69, 9.17) is 9.47 Å². The Hall–Kier alpha value is -3.63. The molecule has 0 bridgehead atoms. The van der Waals surface area contributed by atoms with Gasteiger partial charge in [0.25, 0.3) is 0 Å². The normalized spacial score (nSPS) is 17.7. The topological polar surface area (TPSA) is 163 Å². The summed E-state index contributed by atoms with van der Waals surface area (Å²) in [4.78, 5) is 26.9. The first kappa shape index (κ1) is 45.8. The Morgan fingerprint density at radius 2 is 1.07 bits per heavy atom. The van der Waals surface area contributed by atoms with E-state index in [1.807, 2.05) is 0 Å². The molecule has 2 aliphatic heterocycles. The molecule has 23 heteroatoms. The summed E-state index contributed by atoms with van der Waals surface area (Å²) in [6.07, 6.45) is -9.62. The second kappa shape index (κ2) is 16.5. The lowest BCUT2D eigenvalue weighted by molar-refractivity contribution is -0.142. The average molecular weight is 841 g/mol. The fourth-order valence-electron chi connectivity index (χ4n) is 5.78. The Labute approximate surface area is 315 Å². The molecule has 2 aromatic heterocycles. The van der Waals surface area contributed by atoms with Gasteiger partial charge in [0.1, 0.15) is 11.2 Å².